The summed E-state index contributed by atoms with van der Waals surface area (Å²) in [5.41, 5.74) is 2.62. The average Bonchev–Trinajstić information content (AvgIpc) is 2.96. The van der Waals surface area contributed by atoms with Crippen LogP contribution in [0.4, 0.5) is 0 Å². The van der Waals surface area contributed by atoms with Crippen molar-refractivity contribution in [2.24, 2.45) is 0 Å². The molecule has 1 aliphatic rings. The lowest BCUT2D eigenvalue weighted by Gasteiger charge is -2.26. The van der Waals surface area contributed by atoms with Gasteiger partial charge in [-0.15, -0.1) is 5.10 Å². The van der Waals surface area contributed by atoms with Crippen LogP contribution in [0.15, 0.2) is 30.6 Å². The molecule has 106 valence electrons. The SMILES string of the molecule is Oc1ccc2c(c1)CCCC2NCCCn1ccnn1. The molecule has 1 aliphatic carbocycles. The van der Waals surface area contributed by atoms with Gasteiger partial charge in [-0.05, 0) is 55.5 Å². The number of hydrogen-bond acceptors (Lipinski definition) is 4. The fourth-order valence-electron chi connectivity index (χ4n) is 2.88. The van der Waals surface area contributed by atoms with Crippen LogP contribution in [0.2, 0.25) is 0 Å². The third kappa shape index (κ3) is 2.99. The zero-order valence-electron chi connectivity index (χ0n) is 11.5. The van der Waals surface area contributed by atoms with Crippen LogP contribution in [0.5, 0.6) is 5.75 Å². The summed E-state index contributed by atoms with van der Waals surface area (Å²) < 4.78 is 1.86. The molecule has 1 aromatic heterocycles. The second kappa shape index (κ2) is 6.05. The van der Waals surface area contributed by atoms with E-state index in [-0.39, 0.29) is 0 Å². The Bertz CT molecular complexity index is 553. The van der Waals surface area contributed by atoms with Crippen molar-refractivity contribution in [3.8, 4) is 5.75 Å². The van der Waals surface area contributed by atoms with Crippen LogP contribution in [0, 0.1) is 0 Å². The summed E-state index contributed by atoms with van der Waals surface area (Å²) in [5.74, 6) is 0.371. The Balaban J connectivity index is 1.54. The van der Waals surface area contributed by atoms with Crippen LogP contribution in [-0.4, -0.2) is 26.6 Å². The van der Waals surface area contributed by atoms with E-state index in [4.69, 9.17) is 0 Å². The van der Waals surface area contributed by atoms with Crippen molar-refractivity contribution in [2.75, 3.05) is 6.54 Å². The molecule has 0 aliphatic heterocycles. The third-order valence-electron chi connectivity index (χ3n) is 3.87. The molecule has 0 fully saturated rings. The van der Waals surface area contributed by atoms with Crippen LogP contribution in [0.3, 0.4) is 0 Å². The van der Waals surface area contributed by atoms with Crippen LogP contribution in [-0.2, 0) is 13.0 Å². The quantitative estimate of drug-likeness (QED) is 0.818. The molecule has 5 nitrogen and oxygen atoms in total. The minimum Gasteiger partial charge on any atom is -0.508 e. The molecule has 0 radical (unpaired) electrons. The van der Waals surface area contributed by atoms with Gasteiger partial charge in [-0.2, -0.15) is 0 Å². The molecule has 0 amide bonds. The van der Waals surface area contributed by atoms with Crippen molar-refractivity contribution < 1.29 is 5.11 Å². The zero-order valence-corrected chi connectivity index (χ0v) is 11.5. The van der Waals surface area contributed by atoms with Gasteiger partial charge in [0.05, 0.1) is 6.20 Å². The number of nitrogens with zero attached hydrogens (tertiary/aromatic N) is 3. The average molecular weight is 272 g/mol. The second-order valence-electron chi connectivity index (χ2n) is 5.30. The van der Waals surface area contributed by atoms with Crippen LogP contribution < -0.4 is 5.32 Å². The highest BCUT2D eigenvalue weighted by Crippen LogP contribution is 2.31. The van der Waals surface area contributed by atoms with E-state index in [1.165, 1.54) is 24.0 Å². The Morgan fingerprint density at radius 1 is 1.40 bits per heavy atom. The van der Waals surface area contributed by atoms with E-state index >= 15 is 0 Å². The smallest absolute Gasteiger partial charge is 0.115 e. The molecule has 1 heterocycles. The first-order chi connectivity index (χ1) is 9.83. The van der Waals surface area contributed by atoms with Gasteiger partial charge in [0.15, 0.2) is 0 Å². The number of benzene rings is 1. The summed E-state index contributed by atoms with van der Waals surface area (Å²) in [6.07, 6.45) is 8.04. The maximum Gasteiger partial charge on any atom is 0.115 e. The van der Waals surface area contributed by atoms with Crippen molar-refractivity contribution >= 4 is 0 Å². The van der Waals surface area contributed by atoms with E-state index in [2.05, 4.69) is 21.7 Å². The van der Waals surface area contributed by atoms with E-state index in [1.54, 1.807) is 12.3 Å². The summed E-state index contributed by atoms with van der Waals surface area (Å²) in [6.45, 7) is 1.85. The highest BCUT2D eigenvalue weighted by molar-refractivity contribution is 5.38. The maximum atomic E-state index is 9.56. The van der Waals surface area contributed by atoms with Crippen LogP contribution in [0.25, 0.3) is 0 Å². The highest BCUT2D eigenvalue weighted by atomic mass is 16.3. The van der Waals surface area contributed by atoms with Crippen molar-refractivity contribution in [3.63, 3.8) is 0 Å². The summed E-state index contributed by atoms with van der Waals surface area (Å²) in [6, 6.07) is 6.15. The van der Waals surface area contributed by atoms with Gasteiger partial charge < -0.3 is 10.4 Å². The van der Waals surface area contributed by atoms with Gasteiger partial charge in [0, 0.05) is 18.8 Å². The molecular weight excluding hydrogens is 252 g/mol. The molecule has 20 heavy (non-hydrogen) atoms. The first-order valence-electron chi connectivity index (χ1n) is 7.22. The van der Waals surface area contributed by atoms with Gasteiger partial charge in [0.2, 0.25) is 0 Å². The molecule has 2 aromatic rings. The molecule has 1 aromatic carbocycles. The topological polar surface area (TPSA) is 63.0 Å². The molecule has 1 atom stereocenters. The Morgan fingerprint density at radius 3 is 3.20 bits per heavy atom. The largest absolute Gasteiger partial charge is 0.508 e. The summed E-state index contributed by atoms with van der Waals surface area (Å²) in [5, 5.41) is 20.9. The lowest BCUT2D eigenvalue weighted by Crippen LogP contribution is -2.26. The summed E-state index contributed by atoms with van der Waals surface area (Å²) in [4.78, 5) is 0. The molecule has 5 heteroatoms. The minimum atomic E-state index is 0.371. The molecule has 1 unspecified atom stereocenters. The van der Waals surface area contributed by atoms with Gasteiger partial charge in [-0.1, -0.05) is 11.3 Å². The lowest BCUT2D eigenvalue weighted by molar-refractivity contribution is 0.434. The fourth-order valence-corrected chi connectivity index (χ4v) is 2.88. The summed E-state index contributed by atoms with van der Waals surface area (Å²) >= 11 is 0. The zero-order chi connectivity index (χ0) is 13.8. The minimum absolute atomic E-state index is 0.371. The van der Waals surface area contributed by atoms with E-state index in [0.29, 0.717) is 11.8 Å². The maximum absolute atomic E-state index is 9.56. The van der Waals surface area contributed by atoms with Crippen molar-refractivity contribution in [1.29, 1.82) is 0 Å². The Hall–Kier alpha value is -1.88. The highest BCUT2D eigenvalue weighted by Gasteiger charge is 2.19. The Kier molecular flexibility index (Phi) is 3.97. The van der Waals surface area contributed by atoms with Gasteiger partial charge in [0.25, 0.3) is 0 Å². The predicted molar refractivity (Wildman–Crippen MR) is 76.4 cm³/mol. The standard InChI is InChI=1S/C15H20N4O/c20-13-5-6-14-12(11-13)3-1-4-15(14)16-7-2-9-19-10-8-17-18-19/h5-6,8,10-11,15-16,20H,1-4,7,9H2. The number of hydrogen-bond donors (Lipinski definition) is 2. The molecule has 0 spiro atoms. The van der Waals surface area contributed by atoms with E-state index in [1.807, 2.05) is 16.9 Å². The van der Waals surface area contributed by atoms with E-state index in [0.717, 1.165) is 25.9 Å². The van der Waals surface area contributed by atoms with Crippen molar-refractivity contribution in [3.05, 3.63) is 41.7 Å². The number of aromatic nitrogens is 3. The number of phenolic OH excluding ortho intramolecular Hbond substituents is 1. The van der Waals surface area contributed by atoms with Gasteiger partial charge in [0.1, 0.15) is 5.75 Å². The van der Waals surface area contributed by atoms with Gasteiger partial charge in [-0.3, -0.25) is 4.68 Å². The number of phenols is 1. The first-order valence-corrected chi connectivity index (χ1v) is 7.22. The Morgan fingerprint density at radius 2 is 2.35 bits per heavy atom. The summed E-state index contributed by atoms with van der Waals surface area (Å²) in [7, 11) is 0. The normalized spacial score (nSPS) is 17.9. The molecule has 0 bridgehead atoms. The third-order valence-corrected chi connectivity index (χ3v) is 3.87. The predicted octanol–water partition coefficient (Wildman–Crippen LogP) is 2.04. The molecule has 3 rings (SSSR count). The number of nitrogens with one attached hydrogen (secondary N) is 1. The molecule has 2 N–H and O–H groups in total. The van der Waals surface area contributed by atoms with Crippen LogP contribution in [0.1, 0.15) is 36.4 Å². The second-order valence-corrected chi connectivity index (χ2v) is 5.30. The van der Waals surface area contributed by atoms with Crippen molar-refractivity contribution in [1.82, 2.24) is 20.3 Å². The Labute approximate surface area is 118 Å². The fraction of sp³-hybridized carbons (Fsp3) is 0.467. The van der Waals surface area contributed by atoms with Crippen LogP contribution >= 0.6 is 0 Å². The lowest BCUT2D eigenvalue weighted by atomic mass is 9.87. The van der Waals surface area contributed by atoms with E-state index < -0.39 is 0 Å². The number of rotatable bonds is 5. The van der Waals surface area contributed by atoms with Gasteiger partial charge >= 0.3 is 0 Å². The molecule has 0 saturated carbocycles. The number of fused-ring (bicyclic) bond motifs is 1. The van der Waals surface area contributed by atoms with Crippen molar-refractivity contribution in [2.45, 2.75) is 38.3 Å². The number of aromatic hydroxyl groups is 1. The number of aryl methyl sites for hydroxylation is 2. The van der Waals surface area contributed by atoms with E-state index in [9.17, 15) is 5.11 Å². The van der Waals surface area contributed by atoms with Gasteiger partial charge in [-0.25, -0.2) is 0 Å². The molecular formula is C15H20N4O. The molecule has 0 saturated heterocycles. The first kappa shape index (κ1) is 13.1. The monoisotopic (exact) mass is 272 g/mol.